The van der Waals surface area contributed by atoms with Crippen molar-refractivity contribution in [1.29, 1.82) is 0 Å². The number of aliphatic hydroxyl groups excluding tert-OH is 1. The highest BCUT2D eigenvalue weighted by molar-refractivity contribution is 5.82. The maximum atomic E-state index is 11.7. The van der Waals surface area contributed by atoms with Crippen LogP contribution in [0.1, 0.15) is 40.5 Å². The maximum Gasteiger partial charge on any atom is 0.330 e. The summed E-state index contributed by atoms with van der Waals surface area (Å²) in [6.45, 7) is 7.30. The average molecular weight is 298 g/mol. The molecule has 0 unspecified atom stereocenters. The molecule has 0 fully saturated rings. The van der Waals surface area contributed by atoms with Crippen LogP contribution >= 0.6 is 0 Å². The number of ether oxygens (including phenoxy) is 1. The van der Waals surface area contributed by atoms with Gasteiger partial charge in [-0.1, -0.05) is 25.2 Å². The zero-order chi connectivity index (χ0) is 16.0. The van der Waals surface area contributed by atoms with Crippen LogP contribution in [0.3, 0.4) is 0 Å². The van der Waals surface area contributed by atoms with Gasteiger partial charge >= 0.3 is 5.97 Å². The Morgan fingerprint density at radius 3 is 2.67 bits per heavy atom. The van der Waals surface area contributed by atoms with Crippen molar-refractivity contribution in [3.05, 3.63) is 36.0 Å². The summed E-state index contributed by atoms with van der Waals surface area (Å²) in [5.74, 6) is -0.241. The van der Waals surface area contributed by atoms with Crippen LogP contribution in [-0.2, 0) is 9.53 Å². The molecule has 1 aliphatic heterocycles. The van der Waals surface area contributed by atoms with E-state index in [1.165, 1.54) is 31.2 Å². The van der Waals surface area contributed by atoms with E-state index in [1.807, 2.05) is 26.8 Å². The first-order valence-electron chi connectivity index (χ1n) is 7.37. The third-order valence-electron chi connectivity index (χ3n) is 3.83. The van der Waals surface area contributed by atoms with E-state index in [4.69, 9.17) is 4.74 Å². The van der Waals surface area contributed by atoms with Gasteiger partial charge in [0, 0.05) is 6.08 Å². The first-order chi connectivity index (χ1) is 9.71. The topological polar surface area (TPSA) is 66.8 Å². The van der Waals surface area contributed by atoms with Gasteiger partial charge < -0.3 is 14.9 Å². The predicted molar refractivity (Wildman–Crippen MR) is 82.6 cm³/mol. The molecule has 2 N–H and O–H groups in total. The molecule has 1 rings (SSSR count). The third-order valence-corrected chi connectivity index (χ3v) is 3.83. The molecular formula is C17H26O4. The molecule has 0 saturated heterocycles. The summed E-state index contributed by atoms with van der Waals surface area (Å²) in [6, 6.07) is 0. The molecule has 4 atom stereocenters. The molecular weight excluding hydrogens is 272 g/mol. The third kappa shape index (κ3) is 6.27. The Labute approximate surface area is 126 Å². The summed E-state index contributed by atoms with van der Waals surface area (Å²) in [5, 5.41) is 20.1. The molecule has 0 aromatic heterocycles. The van der Waals surface area contributed by atoms with Crippen LogP contribution in [0.25, 0.3) is 0 Å². The highest BCUT2D eigenvalue weighted by atomic mass is 16.7. The number of hydrogen-bond donors (Lipinski definition) is 2. The molecule has 118 valence electrons. The number of cyclic esters (lactones) is 1. The smallest absolute Gasteiger partial charge is 0.330 e. The van der Waals surface area contributed by atoms with Crippen molar-refractivity contribution in [3.63, 3.8) is 0 Å². The van der Waals surface area contributed by atoms with Gasteiger partial charge in [-0.2, -0.15) is 0 Å². The van der Waals surface area contributed by atoms with E-state index >= 15 is 0 Å². The van der Waals surface area contributed by atoms with Crippen LogP contribution in [0.15, 0.2) is 36.0 Å². The van der Waals surface area contributed by atoms with Gasteiger partial charge in [0.25, 0.3) is 0 Å². The molecule has 1 heterocycles. The van der Waals surface area contributed by atoms with Crippen molar-refractivity contribution in [2.75, 3.05) is 0 Å². The van der Waals surface area contributed by atoms with Crippen molar-refractivity contribution in [2.24, 2.45) is 5.92 Å². The molecule has 0 amide bonds. The Kier molecular flexibility index (Phi) is 6.37. The average Bonchev–Trinajstić information content (AvgIpc) is 2.41. The minimum atomic E-state index is -1.31. The quantitative estimate of drug-likeness (QED) is 0.410. The van der Waals surface area contributed by atoms with Gasteiger partial charge in [0.05, 0.1) is 11.7 Å². The second-order valence-corrected chi connectivity index (χ2v) is 6.01. The fraction of sp³-hybridized carbons (Fsp3) is 0.588. The van der Waals surface area contributed by atoms with E-state index in [0.717, 1.165) is 18.4 Å². The van der Waals surface area contributed by atoms with E-state index in [0.29, 0.717) is 0 Å². The Bertz CT molecular complexity index is 446. The van der Waals surface area contributed by atoms with Gasteiger partial charge in [-0.15, -0.1) is 0 Å². The van der Waals surface area contributed by atoms with Gasteiger partial charge in [0.1, 0.15) is 6.10 Å². The lowest BCUT2D eigenvalue weighted by molar-refractivity contribution is -0.144. The molecule has 0 bridgehead atoms. The summed E-state index contributed by atoms with van der Waals surface area (Å²) in [7, 11) is 0. The summed E-state index contributed by atoms with van der Waals surface area (Å²) in [5.41, 5.74) is -0.459. The lowest BCUT2D eigenvalue weighted by atomic mass is 10.1. The highest BCUT2D eigenvalue weighted by Gasteiger charge is 2.18. The van der Waals surface area contributed by atoms with Crippen LogP contribution in [0, 0.1) is 5.92 Å². The van der Waals surface area contributed by atoms with Crippen molar-refractivity contribution in [3.8, 4) is 0 Å². The zero-order valence-electron chi connectivity index (χ0n) is 13.2. The minimum absolute atomic E-state index is 0.191. The van der Waals surface area contributed by atoms with Crippen molar-refractivity contribution in [1.82, 2.24) is 0 Å². The van der Waals surface area contributed by atoms with Gasteiger partial charge in [-0.05, 0) is 51.2 Å². The summed E-state index contributed by atoms with van der Waals surface area (Å²) < 4.78 is 5.32. The SMILES string of the molecule is C/C1=[13CH]\CC[C@H](C)[13C@@H](C)O[13C](=O)/C=C/[C@](C)(O)/[13CH]=C/[C@@H]1O. The molecule has 4 nitrogen and oxygen atoms in total. The summed E-state index contributed by atoms with van der Waals surface area (Å²) >= 11 is 0. The number of carbonyl (C=O) groups excluding carboxylic acids is 1. The molecule has 0 aromatic carbocycles. The first kappa shape index (κ1) is 17.7. The van der Waals surface area contributed by atoms with Gasteiger partial charge in [0.2, 0.25) is 0 Å². The highest BCUT2D eigenvalue weighted by Crippen LogP contribution is 2.18. The number of esters is 1. The fourth-order valence-corrected chi connectivity index (χ4v) is 2.00. The predicted octanol–water partition coefficient (Wildman–Crippen LogP) is 2.52. The van der Waals surface area contributed by atoms with Gasteiger partial charge in [-0.3, -0.25) is 0 Å². The lowest BCUT2D eigenvalue weighted by Gasteiger charge is -2.20. The van der Waals surface area contributed by atoms with Crippen LogP contribution in [-0.4, -0.2) is 34.0 Å². The van der Waals surface area contributed by atoms with Crippen LogP contribution in [0.5, 0.6) is 0 Å². The Morgan fingerprint density at radius 2 is 2.00 bits per heavy atom. The Balaban J connectivity index is 2.99. The number of carbonyl (C=O) groups is 1. The Hall–Kier alpha value is -1.39. The molecule has 4 heteroatoms. The molecule has 0 spiro atoms. The minimum Gasteiger partial charge on any atom is -0.459 e. The largest absolute Gasteiger partial charge is 0.459 e. The van der Waals surface area contributed by atoms with Crippen LogP contribution in [0.4, 0.5) is 0 Å². The van der Waals surface area contributed by atoms with E-state index in [-0.39, 0.29) is 12.0 Å². The number of rotatable bonds is 0. The molecule has 0 radical (unpaired) electrons. The van der Waals surface area contributed by atoms with Crippen LogP contribution < -0.4 is 0 Å². The fourth-order valence-electron chi connectivity index (χ4n) is 2.00. The zero-order valence-corrected chi connectivity index (χ0v) is 13.2. The summed E-state index contributed by atoms with van der Waals surface area (Å²) in [6.07, 6.45) is 8.34. The molecule has 0 aliphatic carbocycles. The van der Waals surface area contributed by atoms with E-state index < -0.39 is 17.7 Å². The standard InChI is InChI=1S/C17H26O4/c1-12-6-5-7-13(2)15(18)8-10-17(4,20)11-9-16(19)21-14(12)3/h7-12,14-15,18,20H,5-6H2,1-4H3/b10-8+,11-9+,13-7+/t12-,14+,15-,17+/m0/s1/i7+1,10+1,14+1,16+1. The van der Waals surface area contributed by atoms with E-state index in [9.17, 15) is 15.0 Å². The second-order valence-electron chi connectivity index (χ2n) is 6.01. The van der Waals surface area contributed by atoms with E-state index in [1.54, 1.807) is 0 Å². The number of allylic oxidation sites excluding steroid dienone is 1. The summed E-state index contributed by atoms with van der Waals surface area (Å²) in [4.78, 5) is 11.7. The van der Waals surface area contributed by atoms with E-state index in [2.05, 4.69) is 0 Å². The lowest BCUT2D eigenvalue weighted by Crippen LogP contribution is -2.23. The van der Waals surface area contributed by atoms with Crippen molar-refractivity contribution >= 4 is 5.97 Å². The Morgan fingerprint density at radius 1 is 1.33 bits per heavy atom. The molecule has 21 heavy (non-hydrogen) atoms. The van der Waals surface area contributed by atoms with Gasteiger partial charge in [0.15, 0.2) is 0 Å². The van der Waals surface area contributed by atoms with Crippen LogP contribution in [0.2, 0.25) is 0 Å². The normalized spacial score (nSPS) is 41.3. The number of aliphatic hydroxyl groups is 2. The molecule has 0 aromatic rings. The first-order valence-corrected chi connectivity index (χ1v) is 7.37. The van der Waals surface area contributed by atoms with Gasteiger partial charge in [-0.25, -0.2) is 4.79 Å². The molecule has 1 aliphatic rings. The van der Waals surface area contributed by atoms with Crippen molar-refractivity contribution in [2.45, 2.75) is 58.3 Å². The maximum absolute atomic E-state index is 11.7. The van der Waals surface area contributed by atoms with Crippen molar-refractivity contribution < 1.29 is 19.7 Å². The molecule has 0 saturated carbocycles. The number of hydrogen-bond acceptors (Lipinski definition) is 4. The second kappa shape index (κ2) is 7.57. The monoisotopic (exact) mass is 298 g/mol.